The van der Waals surface area contributed by atoms with Gasteiger partial charge in [0.05, 0.1) is 10.0 Å². The fraction of sp³-hybridized carbons (Fsp3) is 0.684. The highest BCUT2D eigenvalue weighted by Gasteiger charge is 2.59. The van der Waals surface area contributed by atoms with E-state index < -0.39 is 0 Å². The van der Waals surface area contributed by atoms with E-state index in [-0.39, 0.29) is 0 Å². The maximum Gasteiger partial charge on any atom is 0.0637 e. The van der Waals surface area contributed by atoms with Crippen molar-refractivity contribution in [2.24, 2.45) is 16.7 Å². The first-order valence-corrected chi connectivity index (χ1v) is 9.24. The third kappa shape index (κ3) is 2.50. The summed E-state index contributed by atoms with van der Waals surface area (Å²) >= 11 is 12.5. The second-order valence-electron chi connectivity index (χ2n) is 8.98. The molecule has 1 nitrogen and oxygen atoms in total. The first-order valence-electron chi connectivity index (χ1n) is 8.49. The predicted molar refractivity (Wildman–Crippen MR) is 93.4 cm³/mol. The molecule has 120 valence electrons. The highest BCUT2D eigenvalue weighted by molar-refractivity contribution is 6.42. The van der Waals surface area contributed by atoms with Gasteiger partial charge in [0, 0.05) is 12.1 Å². The van der Waals surface area contributed by atoms with Crippen LogP contribution in [-0.2, 0) is 6.54 Å². The maximum absolute atomic E-state index is 6.36. The van der Waals surface area contributed by atoms with Crippen LogP contribution in [0.4, 0.5) is 0 Å². The Balaban J connectivity index is 1.57. The standard InChI is InChI=1S/C19H25Cl2N/c1-17-6-13-7-18(2,10-17)12-19(8-13,11-17)22-9-14-4-3-5-15(20)16(14)21/h3-5,13,22H,6-12H2,1-2H3. The number of nitrogens with one attached hydrogen (secondary N) is 1. The molecule has 0 aromatic heterocycles. The normalized spacial score (nSPS) is 42.8. The smallest absolute Gasteiger partial charge is 0.0637 e. The largest absolute Gasteiger partial charge is 0.307 e. The van der Waals surface area contributed by atoms with Crippen LogP contribution in [0.25, 0.3) is 0 Å². The molecule has 22 heavy (non-hydrogen) atoms. The lowest BCUT2D eigenvalue weighted by molar-refractivity contribution is -0.118. The average Bonchev–Trinajstić information content (AvgIpc) is 2.36. The van der Waals surface area contributed by atoms with Crippen molar-refractivity contribution < 1.29 is 0 Å². The van der Waals surface area contributed by atoms with Crippen molar-refractivity contribution in [2.75, 3.05) is 0 Å². The van der Waals surface area contributed by atoms with Gasteiger partial charge in [0.25, 0.3) is 0 Å². The van der Waals surface area contributed by atoms with E-state index in [0.717, 1.165) is 18.0 Å². The van der Waals surface area contributed by atoms with Gasteiger partial charge in [-0.25, -0.2) is 0 Å². The summed E-state index contributed by atoms with van der Waals surface area (Å²) in [5.74, 6) is 0.911. The van der Waals surface area contributed by atoms with Crippen molar-refractivity contribution >= 4 is 23.2 Å². The average molecular weight is 338 g/mol. The van der Waals surface area contributed by atoms with Crippen LogP contribution in [0.2, 0.25) is 10.0 Å². The third-order valence-corrected chi connectivity index (χ3v) is 7.17. The van der Waals surface area contributed by atoms with Crippen LogP contribution in [0.1, 0.15) is 57.9 Å². The summed E-state index contributed by atoms with van der Waals surface area (Å²) in [5.41, 5.74) is 2.52. The first-order chi connectivity index (χ1) is 10.3. The van der Waals surface area contributed by atoms with Crippen molar-refractivity contribution in [3.8, 4) is 0 Å². The molecule has 0 amide bonds. The first kappa shape index (κ1) is 15.3. The lowest BCUT2D eigenvalue weighted by Crippen LogP contribution is -2.63. The molecule has 1 aromatic rings. The second kappa shape index (κ2) is 4.88. The molecule has 4 aliphatic carbocycles. The molecule has 3 heteroatoms. The minimum atomic E-state index is 0.314. The van der Waals surface area contributed by atoms with E-state index in [1.807, 2.05) is 12.1 Å². The quantitative estimate of drug-likeness (QED) is 0.731. The van der Waals surface area contributed by atoms with Gasteiger partial charge in [-0.1, -0.05) is 49.2 Å². The molecule has 0 radical (unpaired) electrons. The Morgan fingerprint density at radius 2 is 1.73 bits per heavy atom. The summed E-state index contributed by atoms with van der Waals surface area (Å²) in [4.78, 5) is 0. The second-order valence-corrected chi connectivity index (χ2v) is 9.76. The Hall–Kier alpha value is -0.240. The minimum Gasteiger partial charge on any atom is -0.307 e. The van der Waals surface area contributed by atoms with Gasteiger partial charge in [-0.05, 0) is 66.9 Å². The van der Waals surface area contributed by atoms with Gasteiger partial charge in [0.1, 0.15) is 0 Å². The van der Waals surface area contributed by atoms with E-state index in [9.17, 15) is 0 Å². The minimum absolute atomic E-state index is 0.314. The zero-order valence-corrected chi connectivity index (χ0v) is 15.0. The molecule has 4 aliphatic rings. The number of hydrogen-bond donors (Lipinski definition) is 1. The molecule has 0 saturated heterocycles. The van der Waals surface area contributed by atoms with Crippen molar-refractivity contribution in [3.05, 3.63) is 33.8 Å². The van der Waals surface area contributed by atoms with Crippen LogP contribution in [0.3, 0.4) is 0 Å². The molecule has 1 aromatic carbocycles. The summed E-state index contributed by atoms with van der Waals surface area (Å²) in [7, 11) is 0. The number of hydrogen-bond acceptors (Lipinski definition) is 1. The Bertz CT molecular complexity index is 593. The predicted octanol–water partition coefficient (Wildman–Crippen LogP) is 5.83. The summed E-state index contributed by atoms with van der Waals surface area (Å²) in [6.07, 6.45) is 8.27. The molecule has 2 unspecified atom stereocenters. The lowest BCUT2D eigenvalue weighted by Gasteiger charge is -2.65. The molecule has 2 atom stereocenters. The monoisotopic (exact) mass is 337 g/mol. The van der Waals surface area contributed by atoms with E-state index in [0.29, 0.717) is 26.4 Å². The van der Waals surface area contributed by atoms with Gasteiger partial charge in [0.15, 0.2) is 0 Å². The molecule has 4 bridgehead atoms. The summed E-state index contributed by atoms with van der Waals surface area (Å²) in [6.45, 7) is 5.86. The van der Waals surface area contributed by atoms with Gasteiger partial charge < -0.3 is 5.32 Å². The van der Waals surface area contributed by atoms with Crippen LogP contribution in [0.5, 0.6) is 0 Å². The van der Waals surface area contributed by atoms with E-state index in [2.05, 4.69) is 25.2 Å². The van der Waals surface area contributed by atoms with E-state index in [1.165, 1.54) is 38.5 Å². The molecule has 1 N–H and O–H groups in total. The Morgan fingerprint density at radius 3 is 2.36 bits per heavy atom. The lowest BCUT2D eigenvalue weighted by atomic mass is 9.43. The van der Waals surface area contributed by atoms with Crippen LogP contribution in [0, 0.1) is 16.7 Å². The van der Waals surface area contributed by atoms with Crippen LogP contribution in [-0.4, -0.2) is 5.54 Å². The van der Waals surface area contributed by atoms with E-state index in [1.54, 1.807) is 0 Å². The maximum atomic E-state index is 6.36. The molecular formula is C19H25Cl2N. The number of halogens is 2. The van der Waals surface area contributed by atoms with Gasteiger partial charge >= 0.3 is 0 Å². The zero-order valence-electron chi connectivity index (χ0n) is 13.5. The van der Waals surface area contributed by atoms with Crippen LogP contribution >= 0.6 is 23.2 Å². The van der Waals surface area contributed by atoms with Crippen LogP contribution < -0.4 is 5.32 Å². The zero-order chi connectivity index (χ0) is 15.6. The summed E-state index contributed by atoms with van der Waals surface area (Å²) in [5, 5.41) is 5.28. The topological polar surface area (TPSA) is 12.0 Å². The molecule has 4 saturated carbocycles. The SMILES string of the molecule is CC12CC3CC(C)(C1)CC(NCc1cccc(Cl)c1Cl)(C3)C2. The van der Waals surface area contributed by atoms with Gasteiger partial charge in [0.2, 0.25) is 0 Å². The highest BCUT2D eigenvalue weighted by atomic mass is 35.5. The van der Waals surface area contributed by atoms with E-state index in [4.69, 9.17) is 23.2 Å². The fourth-order valence-corrected chi connectivity index (χ4v) is 7.00. The van der Waals surface area contributed by atoms with Crippen LogP contribution in [0.15, 0.2) is 18.2 Å². The Kier molecular flexibility index (Phi) is 3.39. The van der Waals surface area contributed by atoms with Crippen molar-refractivity contribution in [2.45, 2.75) is 64.5 Å². The number of rotatable bonds is 3. The molecule has 0 aliphatic heterocycles. The molecule has 4 fully saturated rings. The molecule has 0 spiro atoms. The molecular weight excluding hydrogens is 313 g/mol. The highest BCUT2D eigenvalue weighted by Crippen LogP contribution is 2.66. The Morgan fingerprint density at radius 1 is 1.05 bits per heavy atom. The molecule has 5 rings (SSSR count). The van der Waals surface area contributed by atoms with Crippen molar-refractivity contribution in [3.63, 3.8) is 0 Å². The number of benzene rings is 1. The summed E-state index contributed by atoms with van der Waals surface area (Å²) in [6, 6.07) is 5.94. The molecule has 0 heterocycles. The van der Waals surface area contributed by atoms with E-state index >= 15 is 0 Å². The van der Waals surface area contributed by atoms with Crippen molar-refractivity contribution in [1.82, 2.24) is 5.32 Å². The van der Waals surface area contributed by atoms with Gasteiger partial charge in [-0.3, -0.25) is 0 Å². The summed E-state index contributed by atoms with van der Waals surface area (Å²) < 4.78 is 0. The van der Waals surface area contributed by atoms with Crippen molar-refractivity contribution in [1.29, 1.82) is 0 Å². The van der Waals surface area contributed by atoms with Gasteiger partial charge in [-0.15, -0.1) is 0 Å². The Labute approximate surface area is 143 Å². The third-order valence-electron chi connectivity index (χ3n) is 6.31. The van der Waals surface area contributed by atoms with Gasteiger partial charge in [-0.2, -0.15) is 0 Å². The fourth-order valence-electron chi connectivity index (χ4n) is 6.61.